The Balaban J connectivity index is 3.04. The molecule has 0 radical (unpaired) electrons. The summed E-state index contributed by atoms with van der Waals surface area (Å²) in [6.45, 7) is 0.406. The third kappa shape index (κ3) is 4.88. The molecule has 0 aliphatic rings. The second-order valence-electron chi connectivity index (χ2n) is 4.22. The Morgan fingerprint density at radius 1 is 1.05 bits per heavy atom. The summed E-state index contributed by atoms with van der Waals surface area (Å²) in [6, 6.07) is 4.20. The van der Waals surface area contributed by atoms with Gasteiger partial charge in [0.05, 0.1) is 25.3 Å². The van der Waals surface area contributed by atoms with Gasteiger partial charge in [-0.25, -0.2) is 9.59 Å². The molecule has 1 rings (SSSR count). The van der Waals surface area contributed by atoms with Crippen LogP contribution < -0.4 is 11.1 Å². The molecule has 21 heavy (non-hydrogen) atoms. The lowest BCUT2D eigenvalue weighted by Crippen LogP contribution is -2.15. The molecule has 0 aliphatic carbocycles. The van der Waals surface area contributed by atoms with Crippen LogP contribution in [0.5, 0.6) is 0 Å². The van der Waals surface area contributed by atoms with E-state index in [2.05, 4.69) is 14.8 Å². The third-order valence-corrected chi connectivity index (χ3v) is 2.67. The fourth-order valence-corrected chi connectivity index (χ4v) is 1.66. The van der Waals surface area contributed by atoms with Crippen LogP contribution >= 0.6 is 0 Å². The number of ether oxygens (including phenoxy) is 2. The Morgan fingerprint density at radius 2 is 1.57 bits per heavy atom. The highest BCUT2D eigenvalue weighted by molar-refractivity contribution is 5.99. The Bertz CT molecular complexity index is 508. The Kier molecular flexibility index (Phi) is 6.35. The molecule has 0 aromatic heterocycles. The predicted molar refractivity (Wildman–Crippen MR) is 76.0 cm³/mol. The van der Waals surface area contributed by atoms with Crippen LogP contribution in [0.25, 0.3) is 0 Å². The van der Waals surface area contributed by atoms with E-state index in [-0.39, 0.29) is 23.5 Å². The topological polar surface area (TPSA) is 108 Å². The van der Waals surface area contributed by atoms with Crippen molar-refractivity contribution in [2.24, 2.45) is 5.73 Å². The van der Waals surface area contributed by atoms with E-state index in [1.54, 1.807) is 0 Å². The normalized spacial score (nSPS) is 9.86. The SMILES string of the molecule is COC(=O)c1cc(NC(=O)CCCN)cc(C(=O)OC)c1. The van der Waals surface area contributed by atoms with Gasteiger partial charge in [0.15, 0.2) is 0 Å². The first-order chi connectivity index (χ1) is 10.0. The maximum absolute atomic E-state index is 11.7. The largest absolute Gasteiger partial charge is 0.465 e. The van der Waals surface area contributed by atoms with Crippen LogP contribution in [0.4, 0.5) is 5.69 Å². The highest BCUT2D eigenvalue weighted by Gasteiger charge is 2.14. The zero-order chi connectivity index (χ0) is 15.8. The van der Waals surface area contributed by atoms with Gasteiger partial charge in [0, 0.05) is 12.1 Å². The van der Waals surface area contributed by atoms with Crippen molar-refractivity contribution in [3.8, 4) is 0 Å². The van der Waals surface area contributed by atoms with E-state index < -0.39 is 11.9 Å². The molecule has 1 aromatic carbocycles. The second kappa shape index (κ2) is 8.01. The maximum Gasteiger partial charge on any atom is 0.337 e. The van der Waals surface area contributed by atoms with Crippen LogP contribution in [0, 0.1) is 0 Å². The molecule has 0 spiro atoms. The molecule has 1 amide bonds. The number of anilines is 1. The summed E-state index contributed by atoms with van der Waals surface area (Å²) in [5, 5.41) is 2.61. The number of esters is 2. The first-order valence-corrected chi connectivity index (χ1v) is 6.33. The van der Waals surface area contributed by atoms with Crippen molar-refractivity contribution in [3.05, 3.63) is 29.3 Å². The number of methoxy groups -OCH3 is 2. The van der Waals surface area contributed by atoms with Crippen molar-refractivity contribution in [3.63, 3.8) is 0 Å². The van der Waals surface area contributed by atoms with Gasteiger partial charge in [-0.05, 0) is 31.2 Å². The summed E-state index contributed by atoms with van der Waals surface area (Å²) in [6.07, 6.45) is 0.804. The second-order valence-corrected chi connectivity index (χ2v) is 4.22. The van der Waals surface area contributed by atoms with Gasteiger partial charge in [0.2, 0.25) is 5.91 Å². The summed E-state index contributed by atoms with van der Waals surface area (Å²) in [4.78, 5) is 34.8. The molecular formula is C14H18N2O5. The van der Waals surface area contributed by atoms with Gasteiger partial charge >= 0.3 is 11.9 Å². The fraction of sp³-hybridized carbons (Fsp3) is 0.357. The van der Waals surface area contributed by atoms with Crippen molar-refractivity contribution in [1.29, 1.82) is 0 Å². The van der Waals surface area contributed by atoms with Crippen LogP contribution in [0.2, 0.25) is 0 Å². The Morgan fingerprint density at radius 3 is 2.00 bits per heavy atom. The predicted octanol–water partition coefficient (Wildman–Crippen LogP) is 0.937. The fourth-order valence-electron chi connectivity index (χ4n) is 1.66. The van der Waals surface area contributed by atoms with Gasteiger partial charge in [-0.3, -0.25) is 4.79 Å². The summed E-state index contributed by atoms with van der Waals surface area (Å²) in [7, 11) is 2.46. The highest BCUT2D eigenvalue weighted by atomic mass is 16.5. The molecule has 0 aliphatic heterocycles. The van der Waals surface area contributed by atoms with Gasteiger partial charge in [0.1, 0.15) is 0 Å². The average Bonchev–Trinajstić information content (AvgIpc) is 2.50. The monoisotopic (exact) mass is 294 g/mol. The van der Waals surface area contributed by atoms with E-state index in [9.17, 15) is 14.4 Å². The molecule has 0 unspecified atom stereocenters. The van der Waals surface area contributed by atoms with E-state index in [0.29, 0.717) is 18.7 Å². The van der Waals surface area contributed by atoms with E-state index in [1.165, 1.54) is 32.4 Å². The molecule has 7 nitrogen and oxygen atoms in total. The van der Waals surface area contributed by atoms with Crippen LogP contribution in [0.15, 0.2) is 18.2 Å². The Hall–Kier alpha value is -2.41. The molecular weight excluding hydrogens is 276 g/mol. The number of carbonyl (C=O) groups is 3. The van der Waals surface area contributed by atoms with E-state index in [0.717, 1.165) is 0 Å². The number of carbonyl (C=O) groups excluding carboxylic acids is 3. The van der Waals surface area contributed by atoms with Crippen molar-refractivity contribution in [2.75, 3.05) is 26.1 Å². The number of rotatable bonds is 6. The molecule has 0 atom stereocenters. The average molecular weight is 294 g/mol. The van der Waals surface area contributed by atoms with Crippen molar-refractivity contribution in [2.45, 2.75) is 12.8 Å². The molecule has 114 valence electrons. The van der Waals surface area contributed by atoms with Crippen molar-refractivity contribution in [1.82, 2.24) is 0 Å². The summed E-state index contributed by atoms with van der Waals surface area (Å²) in [5.74, 6) is -1.48. The number of amides is 1. The smallest absolute Gasteiger partial charge is 0.337 e. The first kappa shape index (κ1) is 16.6. The van der Waals surface area contributed by atoms with Crippen LogP contribution in [0.1, 0.15) is 33.6 Å². The number of hydrogen-bond donors (Lipinski definition) is 2. The lowest BCUT2D eigenvalue weighted by atomic mass is 10.1. The van der Waals surface area contributed by atoms with E-state index in [4.69, 9.17) is 5.73 Å². The zero-order valence-electron chi connectivity index (χ0n) is 12.0. The summed E-state index contributed by atoms with van der Waals surface area (Å²) in [5.41, 5.74) is 5.95. The Labute approximate surface area is 122 Å². The van der Waals surface area contributed by atoms with Crippen LogP contribution in [-0.2, 0) is 14.3 Å². The molecule has 1 aromatic rings. The minimum atomic E-state index is -0.613. The van der Waals surface area contributed by atoms with E-state index >= 15 is 0 Å². The van der Waals surface area contributed by atoms with Crippen molar-refractivity contribution < 1.29 is 23.9 Å². The van der Waals surface area contributed by atoms with Gasteiger partial charge < -0.3 is 20.5 Å². The lowest BCUT2D eigenvalue weighted by molar-refractivity contribution is -0.116. The van der Waals surface area contributed by atoms with Crippen LogP contribution in [0.3, 0.4) is 0 Å². The molecule has 0 saturated carbocycles. The quantitative estimate of drug-likeness (QED) is 0.756. The minimum Gasteiger partial charge on any atom is -0.465 e. The van der Waals surface area contributed by atoms with Gasteiger partial charge in [-0.1, -0.05) is 0 Å². The molecule has 3 N–H and O–H groups in total. The number of nitrogens with two attached hydrogens (primary N) is 1. The number of nitrogens with one attached hydrogen (secondary N) is 1. The first-order valence-electron chi connectivity index (χ1n) is 6.33. The summed E-state index contributed by atoms with van der Waals surface area (Å²) < 4.78 is 9.22. The van der Waals surface area contributed by atoms with E-state index in [1.807, 2.05) is 0 Å². The number of benzene rings is 1. The van der Waals surface area contributed by atoms with Crippen molar-refractivity contribution >= 4 is 23.5 Å². The zero-order valence-corrected chi connectivity index (χ0v) is 12.0. The molecule has 7 heteroatoms. The van der Waals surface area contributed by atoms with Gasteiger partial charge in [-0.2, -0.15) is 0 Å². The van der Waals surface area contributed by atoms with Gasteiger partial charge in [-0.15, -0.1) is 0 Å². The summed E-state index contributed by atoms with van der Waals surface area (Å²) >= 11 is 0. The number of hydrogen-bond acceptors (Lipinski definition) is 6. The lowest BCUT2D eigenvalue weighted by Gasteiger charge is -2.09. The van der Waals surface area contributed by atoms with Gasteiger partial charge in [0.25, 0.3) is 0 Å². The standard InChI is InChI=1S/C14H18N2O5/c1-20-13(18)9-6-10(14(19)21-2)8-11(7-9)16-12(17)4-3-5-15/h6-8H,3-5,15H2,1-2H3,(H,16,17). The molecule has 0 saturated heterocycles. The van der Waals surface area contributed by atoms with Crippen LogP contribution in [-0.4, -0.2) is 38.6 Å². The third-order valence-electron chi connectivity index (χ3n) is 2.67. The molecule has 0 fully saturated rings. The highest BCUT2D eigenvalue weighted by Crippen LogP contribution is 2.17. The maximum atomic E-state index is 11.7. The molecule has 0 heterocycles. The molecule has 0 bridgehead atoms. The minimum absolute atomic E-state index is 0.148.